The molecule has 2 aromatic carbocycles. The molecule has 0 aliphatic heterocycles. The molecule has 0 unspecified atom stereocenters. The quantitative estimate of drug-likeness (QED) is 0.619. The van der Waals surface area contributed by atoms with Crippen molar-refractivity contribution in [3.8, 4) is 23.0 Å². The minimum Gasteiger partial charge on any atom is -0.497 e. The molecule has 1 amide bonds. The van der Waals surface area contributed by atoms with Crippen LogP contribution in [0.1, 0.15) is 5.56 Å². The third kappa shape index (κ3) is 4.79. The number of carbonyl (C=O) groups is 1. The van der Waals surface area contributed by atoms with Crippen LogP contribution in [0.5, 0.6) is 11.5 Å². The maximum absolute atomic E-state index is 12.3. The Morgan fingerprint density at radius 2 is 2.00 bits per heavy atom. The van der Waals surface area contributed by atoms with Crippen LogP contribution >= 0.6 is 11.8 Å². The van der Waals surface area contributed by atoms with E-state index in [-0.39, 0.29) is 11.7 Å². The first kappa shape index (κ1) is 18.8. The third-order valence-electron chi connectivity index (χ3n) is 3.68. The number of aromatic nitrogens is 2. The minimum atomic E-state index is -0.221. The molecule has 8 heteroatoms. The van der Waals surface area contributed by atoms with Gasteiger partial charge in [0.05, 0.1) is 25.7 Å². The molecule has 0 radical (unpaired) electrons. The van der Waals surface area contributed by atoms with Crippen molar-refractivity contribution < 1.29 is 18.7 Å². The SMILES string of the molecule is COc1ccc(OC)c(NC(=O)CSc2nnc(-c3cccc(C)c3)o2)c1. The summed E-state index contributed by atoms with van der Waals surface area (Å²) in [5.74, 6) is 1.50. The van der Waals surface area contributed by atoms with Crippen molar-refractivity contribution >= 4 is 23.4 Å². The Bertz CT molecular complexity index is 942. The van der Waals surface area contributed by atoms with Gasteiger partial charge >= 0.3 is 0 Å². The lowest BCUT2D eigenvalue weighted by atomic mass is 10.1. The fourth-order valence-corrected chi connectivity index (χ4v) is 2.95. The Labute approximate surface area is 161 Å². The van der Waals surface area contributed by atoms with Crippen molar-refractivity contribution in [2.24, 2.45) is 0 Å². The first-order valence-corrected chi connectivity index (χ1v) is 9.13. The summed E-state index contributed by atoms with van der Waals surface area (Å²) in [4.78, 5) is 12.3. The first-order valence-electron chi connectivity index (χ1n) is 8.14. The Hall–Kier alpha value is -3.00. The van der Waals surface area contributed by atoms with Gasteiger partial charge in [-0.2, -0.15) is 0 Å². The number of rotatable bonds is 7. The summed E-state index contributed by atoms with van der Waals surface area (Å²) in [7, 11) is 3.10. The lowest BCUT2D eigenvalue weighted by molar-refractivity contribution is -0.113. The fourth-order valence-electron chi connectivity index (χ4n) is 2.39. The molecule has 3 aromatic rings. The Balaban J connectivity index is 1.62. The molecule has 27 heavy (non-hydrogen) atoms. The molecule has 7 nitrogen and oxygen atoms in total. The highest BCUT2D eigenvalue weighted by atomic mass is 32.2. The van der Waals surface area contributed by atoms with E-state index in [0.717, 1.165) is 11.1 Å². The molecule has 0 aliphatic carbocycles. The van der Waals surface area contributed by atoms with E-state index in [4.69, 9.17) is 13.9 Å². The Morgan fingerprint density at radius 1 is 1.15 bits per heavy atom. The van der Waals surface area contributed by atoms with E-state index < -0.39 is 0 Å². The number of amides is 1. The van der Waals surface area contributed by atoms with Gasteiger partial charge in [0.25, 0.3) is 5.22 Å². The Kier molecular flexibility index (Phi) is 5.97. The van der Waals surface area contributed by atoms with Gasteiger partial charge in [0.2, 0.25) is 11.8 Å². The number of nitrogens with zero attached hydrogens (tertiary/aromatic N) is 2. The van der Waals surface area contributed by atoms with E-state index in [1.165, 1.54) is 18.9 Å². The number of methoxy groups -OCH3 is 2. The fraction of sp³-hybridized carbons (Fsp3) is 0.211. The van der Waals surface area contributed by atoms with Gasteiger partial charge in [-0.15, -0.1) is 10.2 Å². The van der Waals surface area contributed by atoms with Gasteiger partial charge in [0.15, 0.2) is 0 Å². The van der Waals surface area contributed by atoms with Crippen LogP contribution in [0.2, 0.25) is 0 Å². The predicted octanol–water partition coefficient (Wildman–Crippen LogP) is 3.79. The second-order valence-corrected chi connectivity index (χ2v) is 6.57. The van der Waals surface area contributed by atoms with Crippen molar-refractivity contribution in [1.29, 1.82) is 0 Å². The van der Waals surface area contributed by atoms with Gasteiger partial charge in [-0.05, 0) is 31.2 Å². The van der Waals surface area contributed by atoms with Crippen LogP contribution in [0.3, 0.4) is 0 Å². The van der Waals surface area contributed by atoms with Crippen LogP contribution in [0.25, 0.3) is 11.5 Å². The molecular weight excluding hydrogens is 366 g/mol. The lowest BCUT2D eigenvalue weighted by Gasteiger charge is -2.11. The van der Waals surface area contributed by atoms with Crippen LogP contribution in [-0.2, 0) is 4.79 Å². The molecule has 140 valence electrons. The molecule has 0 atom stereocenters. The summed E-state index contributed by atoms with van der Waals surface area (Å²) in [5, 5.41) is 11.1. The molecule has 3 rings (SSSR count). The van der Waals surface area contributed by atoms with Crippen molar-refractivity contribution in [2.45, 2.75) is 12.1 Å². The largest absolute Gasteiger partial charge is 0.497 e. The molecule has 1 aromatic heterocycles. The van der Waals surface area contributed by atoms with Gasteiger partial charge in [0.1, 0.15) is 11.5 Å². The zero-order chi connectivity index (χ0) is 19.2. The standard InChI is InChI=1S/C19H19N3O4S/c1-12-5-4-6-13(9-12)18-21-22-19(26-18)27-11-17(23)20-15-10-14(24-2)7-8-16(15)25-3/h4-10H,11H2,1-3H3,(H,20,23). The van der Waals surface area contributed by atoms with Gasteiger partial charge in [-0.1, -0.05) is 29.5 Å². The van der Waals surface area contributed by atoms with E-state index >= 15 is 0 Å². The highest BCUT2D eigenvalue weighted by molar-refractivity contribution is 7.99. The average Bonchev–Trinajstić information content (AvgIpc) is 3.15. The van der Waals surface area contributed by atoms with Crippen molar-refractivity contribution in [1.82, 2.24) is 10.2 Å². The van der Waals surface area contributed by atoms with Crippen LogP contribution in [0.15, 0.2) is 52.1 Å². The highest BCUT2D eigenvalue weighted by Crippen LogP contribution is 2.29. The predicted molar refractivity (Wildman–Crippen MR) is 103 cm³/mol. The van der Waals surface area contributed by atoms with Crippen molar-refractivity contribution in [3.05, 3.63) is 48.0 Å². The van der Waals surface area contributed by atoms with E-state index in [0.29, 0.717) is 28.3 Å². The number of hydrogen-bond donors (Lipinski definition) is 1. The minimum absolute atomic E-state index is 0.121. The molecule has 0 saturated carbocycles. The number of anilines is 1. The molecule has 0 aliphatic rings. The number of carbonyl (C=O) groups excluding carboxylic acids is 1. The smallest absolute Gasteiger partial charge is 0.277 e. The molecule has 0 bridgehead atoms. The van der Waals surface area contributed by atoms with Gasteiger partial charge in [-0.3, -0.25) is 4.79 Å². The molecule has 1 heterocycles. The van der Waals surface area contributed by atoms with Gasteiger partial charge < -0.3 is 19.2 Å². The number of ether oxygens (including phenoxy) is 2. The van der Waals surface area contributed by atoms with Gasteiger partial charge in [0, 0.05) is 11.6 Å². The summed E-state index contributed by atoms with van der Waals surface area (Å²) >= 11 is 1.17. The van der Waals surface area contributed by atoms with Crippen molar-refractivity contribution in [2.75, 3.05) is 25.3 Å². The summed E-state index contributed by atoms with van der Waals surface area (Å²) < 4.78 is 16.0. The van der Waals surface area contributed by atoms with Crippen LogP contribution in [0.4, 0.5) is 5.69 Å². The molecule has 0 spiro atoms. The molecular formula is C19H19N3O4S. The highest BCUT2D eigenvalue weighted by Gasteiger charge is 2.13. The van der Waals surface area contributed by atoms with Gasteiger partial charge in [-0.25, -0.2) is 0 Å². The average molecular weight is 385 g/mol. The number of benzene rings is 2. The molecule has 0 saturated heterocycles. The number of aryl methyl sites for hydroxylation is 1. The van der Waals surface area contributed by atoms with E-state index in [1.54, 1.807) is 25.3 Å². The van der Waals surface area contributed by atoms with E-state index in [2.05, 4.69) is 15.5 Å². The zero-order valence-electron chi connectivity index (χ0n) is 15.2. The van der Waals surface area contributed by atoms with Crippen LogP contribution < -0.4 is 14.8 Å². The number of thioether (sulfide) groups is 1. The van der Waals surface area contributed by atoms with E-state index in [9.17, 15) is 4.79 Å². The normalized spacial score (nSPS) is 10.5. The lowest BCUT2D eigenvalue weighted by Crippen LogP contribution is -2.14. The topological polar surface area (TPSA) is 86.5 Å². The maximum Gasteiger partial charge on any atom is 0.277 e. The van der Waals surface area contributed by atoms with E-state index in [1.807, 2.05) is 31.2 Å². The number of nitrogens with one attached hydrogen (secondary N) is 1. The summed E-state index contributed by atoms with van der Waals surface area (Å²) in [6, 6.07) is 13.0. The first-order chi connectivity index (χ1) is 13.1. The Morgan fingerprint density at radius 3 is 2.74 bits per heavy atom. The summed E-state index contributed by atoms with van der Waals surface area (Å²) in [6.45, 7) is 1.99. The van der Waals surface area contributed by atoms with Crippen molar-refractivity contribution in [3.63, 3.8) is 0 Å². The maximum atomic E-state index is 12.3. The zero-order valence-corrected chi connectivity index (χ0v) is 16.0. The van der Waals surface area contributed by atoms with Crippen LogP contribution in [0, 0.1) is 6.92 Å². The third-order valence-corrected chi connectivity index (χ3v) is 4.50. The molecule has 1 N–H and O–H groups in total. The number of hydrogen-bond acceptors (Lipinski definition) is 7. The summed E-state index contributed by atoms with van der Waals surface area (Å²) in [6.07, 6.45) is 0. The summed E-state index contributed by atoms with van der Waals surface area (Å²) in [5.41, 5.74) is 2.49. The van der Waals surface area contributed by atoms with Crippen LogP contribution in [-0.4, -0.2) is 36.1 Å². The second kappa shape index (κ2) is 8.59. The second-order valence-electron chi connectivity index (χ2n) is 5.65. The monoisotopic (exact) mass is 385 g/mol. The molecule has 0 fully saturated rings.